The van der Waals surface area contributed by atoms with Gasteiger partial charge in [-0.3, -0.25) is 4.79 Å². The Balaban J connectivity index is 2.35. The van der Waals surface area contributed by atoms with Crippen molar-refractivity contribution in [2.24, 2.45) is 0 Å². The average molecular weight is 308 g/mol. The molecule has 1 aromatic heterocycles. The SMILES string of the molecule is COC(=O)c1c(NC(=O)C(Cl)Cl)sc2c1CCC2. The molecule has 1 aliphatic rings. The molecule has 98 valence electrons. The largest absolute Gasteiger partial charge is 0.465 e. The third-order valence-electron chi connectivity index (χ3n) is 2.75. The second kappa shape index (κ2) is 5.47. The van der Waals surface area contributed by atoms with Gasteiger partial charge in [-0.25, -0.2) is 4.79 Å². The van der Waals surface area contributed by atoms with Gasteiger partial charge in [0.25, 0.3) is 5.91 Å². The fourth-order valence-electron chi connectivity index (χ4n) is 1.98. The molecule has 0 aromatic carbocycles. The van der Waals surface area contributed by atoms with E-state index in [4.69, 9.17) is 27.9 Å². The van der Waals surface area contributed by atoms with Crippen molar-refractivity contribution in [3.05, 3.63) is 16.0 Å². The van der Waals surface area contributed by atoms with E-state index >= 15 is 0 Å². The highest BCUT2D eigenvalue weighted by Gasteiger charge is 2.28. The number of halogens is 2. The number of hydrogen-bond donors (Lipinski definition) is 1. The molecule has 1 N–H and O–H groups in total. The van der Waals surface area contributed by atoms with E-state index in [1.807, 2.05) is 0 Å². The summed E-state index contributed by atoms with van der Waals surface area (Å²) in [4.78, 5) is 23.2. The second-order valence-corrected chi connectivity index (χ2v) is 6.04. The number of aryl methyl sites for hydroxylation is 1. The molecular formula is C11H11Cl2NO3S. The average Bonchev–Trinajstić information content (AvgIpc) is 2.87. The molecule has 0 spiro atoms. The summed E-state index contributed by atoms with van der Waals surface area (Å²) in [5.74, 6) is -0.978. The summed E-state index contributed by atoms with van der Waals surface area (Å²) in [5.41, 5.74) is 1.42. The van der Waals surface area contributed by atoms with Gasteiger partial charge < -0.3 is 10.1 Å². The van der Waals surface area contributed by atoms with E-state index in [2.05, 4.69) is 5.32 Å². The number of carbonyl (C=O) groups is 2. The molecule has 0 fully saturated rings. The Morgan fingerprint density at radius 1 is 1.39 bits per heavy atom. The van der Waals surface area contributed by atoms with Gasteiger partial charge in [0, 0.05) is 4.88 Å². The van der Waals surface area contributed by atoms with E-state index in [0.29, 0.717) is 10.6 Å². The fourth-order valence-corrected chi connectivity index (χ4v) is 3.37. The van der Waals surface area contributed by atoms with Gasteiger partial charge in [0.2, 0.25) is 0 Å². The lowest BCUT2D eigenvalue weighted by Crippen LogP contribution is -2.19. The molecule has 1 amide bonds. The van der Waals surface area contributed by atoms with E-state index in [-0.39, 0.29) is 0 Å². The molecule has 2 rings (SSSR count). The summed E-state index contributed by atoms with van der Waals surface area (Å²) < 4.78 is 4.75. The number of ether oxygens (including phenoxy) is 1. The van der Waals surface area contributed by atoms with Crippen LogP contribution in [0.3, 0.4) is 0 Å². The lowest BCUT2D eigenvalue weighted by atomic mass is 10.1. The number of carbonyl (C=O) groups excluding carboxylic acids is 2. The maximum atomic E-state index is 11.8. The van der Waals surface area contributed by atoms with Crippen molar-refractivity contribution >= 4 is 51.4 Å². The van der Waals surface area contributed by atoms with Crippen molar-refractivity contribution in [3.8, 4) is 0 Å². The van der Waals surface area contributed by atoms with Crippen LogP contribution in [0.2, 0.25) is 0 Å². The van der Waals surface area contributed by atoms with Gasteiger partial charge in [-0.1, -0.05) is 23.2 Å². The van der Waals surface area contributed by atoms with Crippen LogP contribution in [0, 0.1) is 0 Å². The van der Waals surface area contributed by atoms with Crippen LogP contribution in [0.1, 0.15) is 27.2 Å². The van der Waals surface area contributed by atoms with Gasteiger partial charge in [-0.2, -0.15) is 0 Å². The normalized spacial score (nSPS) is 13.6. The molecule has 0 atom stereocenters. The molecule has 4 nitrogen and oxygen atoms in total. The third-order valence-corrected chi connectivity index (χ3v) is 4.35. The first-order valence-corrected chi connectivity index (χ1v) is 7.05. The van der Waals surface area contributed by atoms with E-state index in [0.717, 1.165) is 29.7 Å². The molecule has 18 heavy (non-hydrogen) atoms. The Morgan fingerprint density at radius 3 is 2.72 bits per heavy atom. The number of methoxy groups -OCH3 is 1. The Labute approximate surface area is 118 Å². The summed E-state index contributed by atoms with van der Waals surface area (Å²) in [6.45, 7) is 0. The second-order valence-electron chi connectivity index (χ2n) is 3.84. The van der Waals surface area contributed by atoms with E-state index < -0.39 is 16.7 Å². The lowest BCUT2D eigenvalue weighted by molar-refractivity contribution is -0.114. The highest BCUT2D eigenvalue weighted by Crippen LogP contribution is 2.39. The molecule has 0 saturated carbocycles. The zero-order valence-corrected chi connectivity index (χ0v) is 11.9. The monoisotopic (exact) mass is 307 g/mol. The van der Waals surface area contributed by atoms with Crippen LogP contribution >= 0.6 is 34.5 Å². The third kappa shape index (κ3) is 2.48. The minimum Gasteiger partial charge on any atom is -0.465 e. The quantitative estimate of drug-likeness (QED) is 0.690. The van der Waals surface area contributed by atoms with Crippen LogP contribution in [0.4, 0.5) is 5.00 Å². The Hall–Kier alpha value is -0.780. The molecule has 0 radical (unpaired) electrons. The fraction of sp³-hybridized carbons (Fsp3) is 0.455. The van der Waals surface area contributed by atoms with Crippen molar-refractivity contribution in [2.45, 2.75) is 24.1 Å². The highest BCUT2D eigenvalue weighted by atomic mass is 35.5. The van der Waals surface area contributed by atoms with Crippen molar-refractivity contribution in [1.82, 2.24) is 0 Å². The summed E-state index contributed by atoms with van der Waals surface area (Å²) in [6, 6.07) is 0. The van der Waals surface area contributed by atoms with Crippen molar-refractivity contribution in [1.29, 1.82) is 0 Å². The maximum absolute atomic E-state index is 11.8. The number of alkyl halides is 2. The maximum Gasteiger partial charge on any atom is 0.341 e. The van der Waals surface area contributed by atoms with Crippen LogP contribution in [-0.4, -0.2) is 23.8 Å². The molecular weight excluding hydrogens is 297 g/mol. The first kappa shape index (κ1) is 13.6. The minimum absolute atomic E-state index is 0.439. The molecule has 1 aromatic rings. The zero-order valence-electron chi connectivity index (χ0n) is 9.59. The summed E-state index contributed by atoms with van der Waals surface area (Å²) >= 11 is 12.3. The van der Waals surface area contributed by atoms with E-state index in [1.54, 1.807) is 0 Å². The molecule has 0 aliphatic heterocycles. The molecule has 0 unspecified atom stereocenters. The molecule has 1 aliphatic carbocycles. The first-order chi connectivity index (χ1) is 8.54. The number of thiophene rings is 1. The number of rotatable bonds is 3. The zero-order chi connectivity index (χ0) is 13.3. The van der Waals surface area contributed by atoms with Gasteiger partial charge in [0.15, 0.2) is 4.84 Å². The number of nitrogens with one attached hydrogen (secondary N) is 1. The number of hydrogen-bond acceptors (Lipinski definition) is 4. The van der Waals surface area contributed by atoms with E-state index in [1.165, 1.54) is 18.4 Å². The van der Waals surface area contributed by atoms with Gasteiger partial charge in [-0.05, 0) is 24.8 Å². The molecule has 0 bridgehead atoms. The van der Waals surface area contributed by atoms with Crippen LogP contribution in [0.15, 0.2) is 0 Å². The van der Waals surface area contributed by atoms with Crippen LogP contribution in [0.5, 0.6) is 0 Å². The Kier molecular flexibility index (Phi) is 4.14. The van der Waals surface area contributed by atoms with Gasteiger partial charge >= 0.3 is 5.97 Å². The highest BCUT2D eigenvalue weighted by molar-refractivity contribution is 7.17. The number of anilines is 1. The standard InChI is InChI=1S/C11H11Cl2NO3S/c1-17-11(16)7-5-3-2-4-6(5)18-10(7)14-9(15)8(12)13/h8H,2-4H2,1H3,(H,14,15). The predicted octanol–water partition coefficient (Wildman–Crippen LogP) is 2.77. The van der Waals surface area contributed by atoms with Crippen LogP contribution in [0.25, 0.3) is 0 Å². The van der Waals surface area contributed by atoms with Crippen molar-refractivity contribution < 1.29 is 14.3 Å². The molecule has 7 heteroatoms. The van der Waals surface area contributed by atoms with Crippen molar-refractivity contribution in [2.75, 3.05) is 12.4 Å². The van der Waals surface area contributed by atoms with Crippen molar-refractivity contribution in [3.63, 3.8) is 0 Å². The number of fused-ring (bicyclic) bond motifs is 1. The first-order valence-electron chi connectivity index (χ1n) is 5.36. The predicted molar refractivity (Wildman–Crippen MR) is 71.8 cm³/mol. The number of amides is 1. The summed E-state index contributed by atoms with van der Waals surface area (Å²) in [5, 5.41) is 3.04. The van der Waals surface area contributed by atoms with Crippen LogP contribution in [-0.2, 0) is 22.4 Å². The number of esters is 1. The Bertz CT molecular complexity index is 499. The van der Waals surface area contributed by atoms with Gasteiger partial charge in [-0.15, -0.1) is 11.3 Å². The lowest BCUT2D eigenvalue weighted by Gasteiger charge is -2.06. The summed E-state index contributed by atoms with van der Waals surface area (Å²) in [7, 11) is 1.32. The topological polar surface area (TPSA) is 55.4 Å². The molecule has 1 heterocycles. The summed E-state index contributed by atoms with van der Waals surface area (Å²) in [6.07, 6.45) is 2.77. The van der Waals surface area contributed by atoms with E-state index in [9.17, 15) is 9.59 Å². The minimum atomic E-state index is -1.16. The van der Waals surface area contributed by atoms with Gasteiger partial charge in [0.05, 0.1) is 12.7 Å². The molecule has 0 saturated heterocycles. The Morgan fingerprint density at radius 2 is 2.11 bits per heavy atom. The van der Waals surface area contributed by atoms with Crippen LogP contribution < -0.4 is 5.32 Å². The van der Waals surface area contributed by atoms with Gasteiger partial charge in [0.1, 0.15) is 5.00 Å². The smallest absolute Gasteiger partial charge is 0.341 e.